The van der Waals surface area contributed by atoms with E-state index in [2.05, 4.69) is 35.5 Å². The largest absolute Gasteiger partial charge is 0.352 e. The van der Waals surface area contributed by atoms with Crippen molar-refractivity contribution in [2.24, 2.45) is 0 Å². The van der Waals surface area contributed by atoms with Crippen molar-refractivity contribution in [3.05, 3.63) is 65.8 Å². The molecule has 0 amide bonds. The third-order valence-electron chi connectivity index (χ3n) is 4.85. The average Bonchev–Trinajstić information content (AvgIpc) is 3.16. The SMILES string of the molecule is Cc1cc2nncn2nc1N1CCc2ncc(Nc3ccncc3F)cc2C1. The fourth-order valence-corrected chi connectivity index (χ4v) is 3.47. The van der Waals surface area contributed by atoms with Gasteiger partial charge in [-0.05, 0) is 36.2 Å². The summed E-state index contributed by atoms with van der Waals surface area (Å²) >= 11 is 0. The number of aryl methyl sites for hydroxylation is 1. The van der Waals surface area contributed by atoms with E-state index < -0.39 is 5.82 Å². The highest BCUT2D eigenvalue weighted by molar-refractivity contribution is 5.61. The monoisotopic (exact) mass is 376 g/mol. The summed E-state index contributed by atoms with van der Waals surface area (Å²) in [7, 11) is 0. The van der Waals surface area contributed by atoms with E-state index in [9.17, 15) is 4.39 Å². The van der Waals surface area contributed by atoms with Crippen LogP contribution in [0.3, 0.4) is 0 Å². The van der Waals surface area contributed by atoms with E-state index in [1.807, 2.05) is 19.1 Å². The van der Waals surface area contributed by atoms with Crippen molar-refractivity contribution < 1.29 is 4.39 Å². The quantitative estimate of drug-likeness (QED) is 0.588. The van der Waals surface area contributed by atoms with Gasteiger partial charge in [0.2, 0.25) is 0 Å². The summed E-state index contributed by atoms with van der Waals surface area (Å²) in [6.07, 6.45) is 6.89. The predicted octanol–water partition coefficient (Wildman–Crippen LogP) is 2.67. The Balaban J connectivity index is 1.44. The number of pyridine rings is 2. The van der Waals surface area contributed by atoms with E-state index in [4.69, 9.17) is 0 Å². The molecule has 4 aromatic rings. The van der Waals surface area contributed by atoms with Crippen molar-refractivity contribution in [1.29, 1.82) is 0 Å². The van der Waals surface area contributed by atoms with E-state index in [0.29, 0.717) is 12.2 Å². The Kier molecular flexibility index (Phi) is 3.85. The maximum Gasteiger partial charge on any atom is 0.177 e. The zero-order chi connectivity index (χ0) is 19.1. The van der Waals surface area contributed by atoms with Gasteiger partial charge >= 0.3 is 0 Å². The first kappa shape index (κ1) is 16.5. The number of nitrogens with one attached hydrogen (secondary N) is 1. The summed E-state index contributed by atoms with van der Waals surface area (Å²) < 4.78 is 15.5. The lowest BCUT2D eigenvalue weighted by Crippen LogP contribution is -2.32. The Morgan fingerprint density at radius 2 is 2.14 bits per heavy atom. The first-order valence-corrected chi connectivity index (χ1v) is 8.94. The molecule has 0 fully saturated rings. The molecule has 5 rings (SSSR count). The van der Waals surface area contributed by atoms with Crippen LogP contribution in [0.4, 0.5) is 21.6 Å². The number of aromatic nitrogens is 6. The number of rotatable bonds is 3. The van der Waals surface area contributed by atoms with Crippen LogP contribution in [-0.4, -0.2) is 36.3 Å². The van der Waals surface area contributed by atoms with Crippen molar-refractivity contribution >= 4 is 22.8 Å². The Morgan fingerprint density at radius 3 is 3.04 bits per heavy atom. The molecule has 0 aromatic carbocycles. The van der Waals surface area contributed by atoms with E-state index >= 15 is 0 Å². The maximum absolute atomic E-state index is 13.9. The van der Waals surface area contributed by atoms with Crippen LogP contribution in [0.15, 0.2) is 43.1 Å². The molecule has 0 spiro atoms. The minimum atomic E-state index is -0.399. The van der Waals surface area contributed by atoms with Gasteiger partial charge in [-0.15, -0.1) is 15.3 Å². The predicted molar refractivity (Wildman–Crippen MR) is 102 cm³/mol. The third kappa shape index (κ3) is 2.90. The molecule has 5 heterocycles. The molecule has 0 saturated carbocycles. The molecule has 8 nitrogen and oxygen atoms in total. The fourth-order valence-electron chi connectivity index (χ4n) is 3.47. The van der Waals surface area contributed by atoms with Gasteiger partial charge in [0.1, 0.15) is 6.33 Å². The maximum atomic E-state index is 13.9. The van der Waals surface area contributed by atoms with Crippen LogP contribution < -0.4 is 10.2 Å². The van der Waals surface area contributed by atoms with Gasteiger partial charge in [0.15, 0.2) is 17.3 Å². The number of nitrogens with zero attached hydrogens (tertiary/aromatic N) is 7. The van der Waals surface area contributed by atoms with E-state index in [0.717, 1.165) is 46.9 Å². The van der Waals surface area contributed by atoms with Crippen molar-refractivity contribution in [1.82, 2.24) is 29.8 Å². The summed E-state index contributed by atoms with van der Waals surface area (Å²) in [6.45, 7) is 3.53. The molecule has 0 radical (unpaired) electrons. The Bertz CT molecular complexity index is 1170. The molecule has 1 N–H and O–H groups in total. The van der Waals surface area contributed by atoms with Crippen molar-refractivity contribution in [2.45, 2.75) is 19.9 Å². The Hall–Kier alpha value is -3.62. The van der Waals surface area contributed by atoms with Crippen LogP contribution in [0.1, 0.15) is 16.8 Å². The zero-order valence-corrected chi connectivity index (χ0v) is 15.2. The van der Waals surface area contributed by atoms with Crippen LogP contribution in [0.5, 0.6) is 0 Å². The van der Waals surface area contributed by atoms with Crippen LogP contribution in [0, 0.1) is 12.7 Å². The molecule has 0 bridgehead atoms. The second-order valence-corrected chi connectivity index (χ2v) is 6.77. The molecule has 0 unspecified atom stereocenters. The third-order valence-corrected chi connectivity index (χ3v) is 4.85. The molecule has 1 aliphatic heterocycles. The zero-order valence-electron chi connectivity index (χ0n) is 15.2. The average molecular weight is 376 g/mol. The van der Waals surface area contributed by atoms with Crippen LogP contribution in [-0.2, 0) is 13.0 Å². The first-order chi connectivity index (χ1) is 13.7. The molecular formula is C19H17FN8. The lowest BCUT2D eigenvalue weighted by molar-refractivity contribution is 0.625. The number of anilines is 3. The fraction of sp³-hybridized carbons (Fsp3) is 0.211. The minimum Gasteiger partial charge on any atom is -0.352 e. The minimum absolute atomic E-state index is 0.375. The highest BCUT2D eigenvalue weighted by Crippen LogP contribution is 2.27. The first-order valence-electron chi connectivity index (χ1n) is 8.94. The van der Waals surface area contributed by atoms with Gasteiger partial charge in [-0.1, -0.05) is 0 Å². The normalized spacial score (nSPS) is 13.6. The molecule has 140 valence electrons. The second-order valence-electron chi connectivity index (χ2n) is 6.77. The molecule has 1 aliphatic rings. The second kappa shape index (κ2) is 6.52. The van der Waals surface area contributed by atoms with E-state index in [1.54, 1.807) is 29.3 Å². The number of fused-ring (bicyclic) bond motifs is 2. The van der Waals surface area contributed by atoms with E-state index in [-0.39, 0.29) is 0 Å². The highest BCUT2D eigenvalue weighted by atomic mass is 19.1. The summed E-state index contributed by atoms with van der Waals surface area (Å²) in [6, 6.07) is 5.59. The molecule has 0 aliphatic carbocycles. The molecule has 0 atom stereocenters. The van der Waals surface area contributed by atoms with E-state index in [1.165, 1.54) is 6.20 Å². The van der Waals surface area contributed by atoms with Crippen molar-refractivity contribution in [3.8, 4) is 0 Å². The molecule has 4 aromatic heterocycles. The lowest BCUT2D eigenvalue weighted by Gasteiger charge is -2.30. The van der Waals surface area contributed by atoms with Gasteiger partial charge in [0.05, 0.1) is 23.8 Å². The lowest BCUT2D eigenvalue weighted by atomic mass is 10.0. The summed E-state index contributed by atoms with van der Waals surface area (Å²) in [5.74, 6) is 0.500. The molecular weight excluding hydrogens is 359 g/mol. The van der Waals surface area contributed by atoms with Crippen molar-refractivity contribution in [2.75, 3.05) is 16.8 Å². The van der Waals surface area contributed by atoms with Gasteiger partial charge in [-0.3, -0.25) is 9.97 Å². The van der Waals surface area contributed by atoms with Crippen LogP contribution >= 0.6 is 0 Å². The summed E-state index contributed by atoms with van der Waals surface area (Å²) in [4.78, 5) is 10.6. The number of hydrogen-bond acceptors (Lipinski definition) is 7. The van der Waals surface area contributed by atoms with Gasteiger partial charge < -0.3 is 10.2 Å². The van der Waals surface area contributed by atoms with Gasteiger partial charge in [0.25, 0.3) is 0 Å². The topological polar surface area (TPSA) is 84.1 Å². The standard InChI is InChI=1S/C19H17FN8/c1-12-6-18-25-23-11-28(18)26-19(12)27-5-3-16-13(10-27)7-14(8-22-16)24-17-2-4-21-9-15(17)20/h2,4,6-9,11H,3,5,10H2,1H3,(H,21,24). The van der Waals surface area contributed by atoms with Gasteiger partial charge in [-0.25, -0.2) is 4.39 Å². The summed E-state index contributed by atoms with van der Waals surface area (Å²) in [5.41, 5.74) is 5.04. The summed E-state index contributed by atoms with van der Waals surface area (Å²) in [5, 5.41) is 15.7. The number of hydrogen-bond donors (Lipinski definition) is 1. The molecule has 28 heavy (non-hydrogen) atoms. The molecule has 9 heteroatoms. The smallest absolute Gasteiger partial charge is 0.177 e. The van der Waals surface area contributed by atoms with Crippen molar-refractivity contribution in [3.63, 3.8) is 0 Å². The Morgan fingerprint density at radius 1 is 1.21 bits per heavy atom. The van der Waals surface area contributed by atoms with Crippen LogP contribution in [0.25, 0.3) is 5.65 Å². The van der Waals surface area contributed by atoms with Crippen LogP contribution in [0.2, 0.25) is 0 Å². The van der Waals surface area contributed by atoms with Gasteiger partial charge in [-0.2, -0.15) is 4.52 Å². The van der Waals surface area contributed by atoms with Gasteiger partial charge in [0, 0.05) is 31.4 Å². The Labute approximate surface area is 160 Å². The highest BCUT2D eigenvalue weighted by Gasteiger charge is 2.21. The molecule has 0 saturated heterocycles. The number of halogens is 1.